The summed E-state index contributed by atoms with van der Waals surface area (Å²) in [5.74, 6) is 0.0755. The van der Waals surface area contributed by atoms with Crippen molar-refractivity contribution in [1.29, 1.82) is 0 Å². The van der Waals surface area contributed by atoms with E-state index in [0.717, 1.165) is 26.1 Å². The standard InChI is InChI=1S/C16H25N3O/c1-16(2,17-3)15(20)18-14-9-10-19(12-14)11-13-7-5-4-6-8-13/h4-8,14,17H,9-12H2,1-3H3,(H,18,20). The van der Waals surface area contributed by atoms with Gasteiger partial charge in [-0.2, -0.15) is 0 Å². The number of carbonyl (C=O) groups excluding carboxylic acids is 1. The number of nitrogens with one attached hydrogen (secondary N) is 2. The summed E-state index contributed by atoms with van der Waals surface area (Å²) >= 11 is 0. The van der Waals surface area contributed by atoms with Gasteiger partial charge in [0, 0.05) is 25.7 Å². The number of nitrogens with zero attached hydrogens (tertiary/aromatic N) is 1. The largest absolute Gasteiger partial charge is 0.350 e. The lowest BCUT2D eigenvalue weighted by Gasteiger charge is -2.25. The first kappa shape index (κ1) is 15.0. The van der Waals surface area contributed by atoms with Gasteiger partial charge in [0.05, 0.1) is 5.54 Å². The molecular weight excluding hydrogens is 250 g/mol. The lowest BCUT2D eigenvalue weighted by molar-refractivity contribution is -0.126. The molecule has 0 radical (unpaired) electrons. The van der Waals surface area contributed by atoms with Gasteiger partial charge in [-0.15, -0.1) is 0 Å². The molecule has 1 saturated heterocycles. The van der Waals surface area contributed by atoms with Gasteiger partial charge in [0.25, 0.3) is 0 Å². The first-order valence-electron chi connectivity index (χ1n) is 7.27. The zero-order valence-electron chi connectivity index (χ0n) is 12.6. The van der Waals surface area contributed by atoms with Gasteiger partial charge in [-0.25, -0.2) is 0 Å². The molecule has 1 amide bonds. The minimum Gasteiger partial charge on any atom is -0.350 e. The minimum atomic E-state index is -0.507. The molecule has 2 N–H and O–H groups in total. The second-order valence-corrected chi connectivity index (χ2v) is 6.05. The van der Waals surface area contributed by atoms with Crippen LogP contribution in [-0.4, -0.2) is 42.5 Å². The highest BCUT2D eigenvalue weighted by molar-refractivity contribution is 5.85. The maximum Gasteiger partial charge on any atom is 0.239 e. The number of amides is 1. The number of hydrogen-bond donors (Lipinski definition) is 2. The molecule has 1 unspecified atom stereocenters. The van der Waals surface area contributed by atoms with Gasteiger partial charge in [-0.1, -0.05) is 30.3 Å². The van der Waals surface area contributed by atoms with Gasteiger partial charge in [0.1, 0.15) is 0 Å². The van der Waals surface area contributed by atoms with Crippen LogP contribution in [0.15, 0.2) is 30.3 Å². The molecule has 4 heteroatoms. The molecular formula is C16H25N3O. The molecule has 1 heterocycles. The predicted molar refractivity (Wildman–Crippen MR) is 81.4 cm³/mol. The SMILES string of the molecule is CNC(C)(C)C(=O)NC1CCN(Cc2ccccc2)C1. The molecule has 1 aromatic carbocycles. The molecule has 0 spiro atoms. The summed E-state index contributed by atoms with van der Waals surface area (Å²) in [6.07, 6.45) is 1.03. The van der Waals surface area contributed by atoms with Gasteiger partial charge in [-0.3, -0.25) is 9.69 Å². The lowest BCUT2D eigenvalue weighted by Crippen LogP contribution is -2.54. The monoisotopic (exact) mass is 275 g/mol. The van der Waals surface area contributed by atoms with Crippen LogP contribution >= 0.6 is 0 Å². The maximum absolute atomic E-state index is 12.1. The first-order valence-corrected chi connectivity index (χ1v) is 7.27. The van der Waals surface area contributed by atoms with Crippen molar-refractivity contribution in [1.82, 2.24) is 15.5 Å². The van der Waals surface area contributed by atoms with E-state index in [4.69, 9.17) is 0 Å². The second-order valence-electron chi connectivity index (χ2n) is 6.05. The van der Waals surface area contributed by atoms with Gasteiger partial charge in [-0.05, 0) is 32.9 Å². The van der Waals surface area contributed by atoms with Crippen molar-refractivity contribution < 1.29 is 4.79 Å². The summed E-state index contributed by atoms with van der Waals surface area (Å²) in [6.45, 7) is 6.74. The molecule has 1 aliphatic heterocycles. The average Bonchev–Trinajstić information content (AvgIpc) is 2.87. The van der Waals surface area contributed by atoms with Crippen molar-refractivity contribution >= 4 is 5.91 Å². The van der Waals surface area contributed by atoms with Crippen molar-refractivity contribution in [3.05, 3.63) is 35.9 Å². The van der Waals surface area contributed by atoms with E-state index in [0.29, 0.717) is 0 Å². The van der Waals surface area contributed by atoms with E-state index >= 15 is 0 Å². The molecule has 110 valence electrons. The Labute approximate surface area is 121 Å². The van der Waals surface area contributed by atoms with Crippen LogP contribution < -0.4 is 10.6 Å². The van der Waals surface area contributed by atoms with Crippen LogP contribution in [0.1, 0.15) is 25.8 Å². The highest BCUT2D eigenvalue weighted by Crippen LogP contribution is 2.14. The van der Waals surface area contributed by atoms with E-state index in [1.165, 1.54) is 5.56 Å². The van der Waals surface area contributed by atoms with E-state index < -0.39 is 5.54 Å². The Morgan fingerprint density at radius 3 is 2.70 bits per heavy atom. The van der Waals surface area contributed by atoms with Crippen LogP contribution in [0.5, 0.6) is 0 Å². The summed E-state index contributed by atoms with van der Waals surface area (Å²) in [6, 6.07) is 10.7. The van der Waals surface area contributed by atoms with Gasteiger partial charge in [0.15, 0.2) is 0 Å². The molecule has 4 nitrogen and oxygen atoms in total. The fourth-order valence-corrected chi connectivity index (χ4v) is 2.42. The zero-order chi connectivity index (χ0) is 14.6. The number of likely N-dealkylation sites (tertiary alicyclic amines) is 1. The molecule has 1 fully saturated rings. The lowest BCUT2D eigenvalue weighted by atomic mass is 10.0. The second kappa shape index (κ2) is 6.37. The highest BCUT2D eigenvalue weighted by atomic mass is 16.2. The molecule has 20 heavy (non-hydrogen) atoms. The third-order valence-electron chi connectivity index (χ3n) is 4.05. The third-order valence-corrected chi connectivity index (χ3v) is 4.05. The fourth-order valence-electron chi connectivity index (χ4n) is 2.42. The third kappa shape index (κ3) is 3.81. The molecule has 0 saturated carbocycles. The van der Waals surface area contributed by atoms with Crippen LogP contribution in [0.2, 0.25) is 0 Å². The van der Waals surface area contributed by atoms with Crippen molar-refractivity contribution in [2.45, 2.75) is 38.4 Å². The number of hydrogen-bond acceptors (Lipinski definition) is 3. The molecule has 0 aromatic heterocycles. The van der Waals surface area contributed by atoms with Gasteiger partial charge < -0.3 is 10.6 Å². The van der Waals surface area contributed by atoms with Gasteiger partial charge >= 0.3 is 0 Å². The summed E-state index contributed by atoms with van der Waals surface area (Å²) in [4.78, 5) is 14.5. The van der Waals surface area contributed by atoms with Gasteiger partial charge in [0.2, 0.25) is 5.91 Å². The number of rotatable bonds is 5. The van der Waals surface area contributed by atoms with Crippen molar-refractivity contribution in [2.75, 3.05) is 20.1 Å². The Hall–Kier alpha value is -1.39. The average molecular weight is 275 g/mol. The normalized spacial score (nSPS) is 20.1. The van der Waals surface area contributed by atoms with Crippen LogP contribution in [0.3, 0.4) is 0 Å². The Morgan fingerprint density at radius 2 is 2.05 bits per heavy atom. The predicted octanol–water partition coefficient (Wildman–Crippen LogP) is 1.38. The van der Waals surface area contributed by atoms with E-state index in [-0.39, 0.29) is 11.9 Å². The van der Waals surface area contributed by atoms with E-state index in [1.807, 2.05) is 27.0 Å². The summed E-state index contributed by atoms with van der Waals surface area (Å²) < 4.78 is 0. The summed E-state index contributed by atoms with van der Waals surface area (Å²) in [7, 11) is 1.82. The minimum absolute atomic E-state index is 0.0755. The molecule has 0 bridgehead atoms. The Bertz CT molecular complexity index is 444. The molecule has 1 atom stereocenters. The van der Waals surface area contributed by atoms with Crippen LogP contribution in [0.4, 0.5) is 0 Å². The number of likely N-dealkylation sites (N-methyl/N-ethyl adjacent to an activating group) is 1. The van der Waals surface area contributed by atoms with Crippen molar-refractivity contribution in [3.8, 4) is 0 Å². The maximum atomic E-state index is 12.1. The highest BCUT2D eigenvalue weighted by Gasteiger charge is 2.30. The quantitative estimate of drug-likeness (QED) is 0.853. The smallest absolute Gasteiger partial charge is 0.239 e. The molecule has 1 aliphatic rings. The Kier molecular flexibility index (Phi) is 4.78. The number of carbonyl (C=O) groups is 1. The summed E-state index contributed by atoms with van der Waals surface area (Å²) in [5.41, 5.74) is 0.822. The van der Waals surface area contributed by atoms with E-state index in [2.05, 4.69) is 39.8 Å². The fraction of sp³-hybridized carbons (Fsp3) is 0.562. The van der Waals surface area contributed by atoms with Crippen LogP contribution in [-0.2, 0) is 11.3 Å². The van der Waals surface area contributed by atoms with E-state index in [9.17, 15) is 4.79 Å². The van der Waals surface area contributed by atoms with Crippen LogP contribution in [0.25, 0.3) is 0 Å². The topological polar surface area (TPSA) is 44.4 Å². The Morgan fingerprint density at radius 1 is 1.35 bits per heavy atom. The van der Waals surface area contributed by atoms with Crippen molar-refractivity contribution in [3.63, 3.8) is 0 Å². The zero-order valence-corrected chi connectivity index (χ0v) is 12.6. The molecule has 0 aliphatic carbocycles. The van der Waals surface area contributed by atoms with Crippen LogP contribution in [0, 0.1) is 0 Å². The molecule has 2 rings (SSSR count). The number of benzene rings is 1. The van der Waals surface area contributed by atoms with Crippen molar-refractivity contribution in [2.24, 2.45) is 0 Å². The molecule has 1 aromatic rings. The van der Waals surface area contributed by atoms with E-state index in [1.54, 1.807) is 0 Å². The summed E-state index contributed by atoms with van der Waals surface area (Å²) in [5, 5.41) is 6.18. The first-order chi connectivity index (χ1) is 9.51. The Balaban J connectivity index is 1.82.